The SMILES string of the molecule is CCCCOCCCNC(=O)Nc1cccc(Cl)c1. The van der Waals surface area contributed by atoms with Crippen molar-refractivity contribution in [2.24, 2.45) is 0 Å². The number of benzene rings is 1. The van der Waals surface area contributed by atoms with E-state index in [0.717, 1.165) is 25.9 Å². The van der Waals surface area contributed by atoms with Crippen LogP contribution in [0, 0.1) is 0 Å². The molecule has 1 aromatic carbocycles. The summed E-state index contributed by atoms with van der Waals surface area (Å²) in [7, 11) is 0. The predicted octanol–water partition coefficient (Wildman–Crippen LogP) is 3.67. The van der Waals surface area contributed by atoms with E-state index in [0.29, 0.717) is 23.9 Å². The van der Waals surface area contributed by atoms with Crippen LogP contribution in [-0.2, 0) is 4.74 Å². The molecular formula is C14H21ClN2O2. The Labute approximate surface area is 119 Å². The number of anilines is 1. The summed E-state index contributed by atoms with van der Waals surface area (Å²) in [6.45, 7) is 4.20. The minimum Gasteiger partial charge on any atom is -0.381 e. The lowest BCUT2D eigenvalue weighted by Crippen LogP contribution is -2.30. The Bertz CT molecular complexity index is 385. The van der Waals surface area contributed by atoms with E-state index in [2.05, 4.69) is 17.6 Å². The minimum absolute atomic E-state index is 0.226. The first kappa shape index (κ1) is 15.8. The number of ether oxygens (including phenoxy) is 1. The normalized spacial score (nSPS) is 10.2. The van der Waals surface area contributed by atoms with E-state index in [-0.39, 0.29) is 6.03 Å². The van der Waals surface area contributed by atoms with Gasteiger partial charge in [0.15, 0.2) is 0 Å². The number of rotatable bonds is 8. The molecule has 0 aromatic heterocycles. The summed E-state index contributed by atoms with van der Waals surface area (Å²) in [5.74, 6) is 0. The molecule has 4 nitrogen and oxygen atoms in total. The number of halogens is 1. The van der Waals surface area contributed by atoms with Crippen molar-refractivity contribution in [2.45, 2.75) is 26.2 Å². The molecule has 0 heterocycles. The van der Waals surface area contributed by atoms with Gasteiger partial charge >= 0.3 is 6.03 Å². The molecule has 0 fully saturated rings. The second kappa shape index (κ2) is 9.64. The van der Waals surface area contributed by atoms with Crippen LogP contribution in [0.4, 0.5) is 10.5 Å². The maximum Gasteiger partial charge on any atom is 0.319 e. The monoisotopic (exact) mass is 284 g/mol. The molecule has 0 spiro atoms. The molecule has 0 aliphatic rings. The zero-order valence-corrected chi connectivity index (χ0v) is 12.0. The summed E-state index contributed by atoms with van der Waals surface area (Å²) < 4.78 is 5.40. The number of hydrogen-bond acceptors (Lipinski definition) is 2. The molecular weight excluding hydrogens is 264 g/mol. The Balaban J connectivity index is 2.08. The van der Waals surface area contributed by atoms with Gasteiger partial charge in [-0.15, -0.1) is 0 Å². The zero-order valence-electron chi connectivity index (χ0n) is 11.2. The van der Waals surface area contributed by atoms with E-state index in [9.17, 15) is 4.79 Å². The Morgan fingerprint density at radius 2 is 2.11 bits per heavy atom. The van der Waals surface area contributed by atoms with E-state index in [1.807, 2.05) is 0 Å². The zero-order chi connectivity index (χ0) is 13.9. The maximum absolute atomic E-state index is 11.6. The van der Waals surface area contributed by atoms with Crippen LogP contribution in [0.25, 0.3) is 0 Å². The highest BCUT2D eigenvalue weighted by molar-refractivity contribution is 6.30. The van der Waals surface area contributed by atoms with Gasteiger partial charge in [-0.1, -0.05) is 31.0 Å². The van der Waals surface area contributed by atoms with Crippen LogP contribution in [0.1, 0.15) is 26.2 Å². The molecule has 0 atom stereocenters. The highest BCUT2D eigenvalue weighted by Gasteiger charge is 2.01. The predicted molar refractivity (Wildman–Crippen MR) is 78.8 cm³/mol. The third-order valence-corrected chi connectivity index (χ3v) is 2.71. The van der Waals surface area contributed by atoms with Gasteiger partial charge in [-0.25, -0.2) is 4.79 Å². The van der Waals surface area contributed by atoms with Crippen molar-refractivity contribution < 1.29 is 9.53 Å². The molecule has 2 N–H and O–H groups in total. The van der Waals surface area contributed by atoms with Gasteiger partial charge in [-0.3, -0.25) is 0 Å². The van der Waals surface area contributed by atoms with Gasteiger partial charge < -0.3 is 15.4 Å². The molecule has 0 unspecified atom stereocenters. The molecule has 0 radical (unpaired) electrons. The first-order valence-electron chi connectivity index (χ1n) is 6.60. The second-order valence-corrected chi connectivity index (χ2v) is 4.65. The van der Waals surface area contributed by atoms with Gasteiger partial charge in [0.1, 0.15) is 0 Å². The number of nitrogens with one attached hydrogen (secondary N) is 2. The van der Waals surface area contributed by atoms with Crippen LogP contribution in [0.15, 0.2) is 24.3 Å². The minimum atomic E-state index is -0.226. The molecule has 19 heavy (non-hydrogen) atoms. The summed E-state index contributed by atoms with van der Waals surface area (Å²) >= 11 is 5.83. The van der Waals surface area contributed by atoms with Gasteiger partial charge in [0.2, 0.25) is 0 Å². The fourth-order valence-electron chi connectivity index (χ4n) is 1.47. The Hall–Kier alpha value is -1.26. The van der Waals surface area contributed by atoms with E-state index >= 15 is 0 Å². The number of urea groups is 1. The van der Waals surface area contributed by atoms with Crippen molar-refractivity contribution in [1.82, 2.24) is 5.32 Å². The maximum atomic E-state index is 11.6. The molecule has 1 rings (SSSR count). The molecule has 0 aliphatic heterocycles. The summed E-state index contributed by atoms with van der Waals surface area (Å²) in [5.41, 5.74) is 0.684. The van der Waals surface area contributed by atoms with Crippen LogP contribution in [-0.4, -0.2) is 25.8 Å². The van der Waals surface area contributed by atoms with Crippen molar-refractivity contribution in [3.63, 3.8) is 0 Å². The van der Waals surface area contributed by atoms with Crippen molar-refractivity contribution >= 4 is 23.3 Å². The standard InChI is InChI=1S/C14H21ClN2O2/c1-2-3-9-19-10-5-8-16-14(18)17-13-7-4-6-12(15)11-13/h4,6-7,11H,2-3,5,8-10H2,1H3,(H2,16,17,18). The summed E-state index contributed by atoms with van der Waals surface area (Å²) in [6, 6.07) is 6.82. The first-order valence-corrected chi connectivity index (χ1v) is 6.98. The van der Waals surface area contributed by atoms with Crippen LogP contribution >= 0.6 is 11.6 Å². The first-order chi connectivity index (χ1) is 9.22. The van der Waals surface area contributed by atoms with Crippen molar-refractivity contribution in [3.8, 4) is 0 Å². The van der Waals surface area contributed by atoms with E-state index in [4.69, 9.17) is 16.3 Å². The van der Waals surface area contributed by atoms with Gasteiger partial charge in [0.05, 0.1) is 0 Å². The van der Waals surface area contributed by atoms with Crippen LogP contribution in [0.2, 0.25) is 5.02 Å². The fraction of sp³-hybridized carbons (Fsp3) is 0.500. The number of amides is 2. The smallest absolute Gasteiger partial charge is 0.319 e. The highest BCUT2D eigenvalue weighted by Crippen LogP contribution is 2.14. The lowest BCUT2D eigenvalue weighted by molar-refractivity contribution is 0.129. The molecule has 1 aromatic rings. The number of carbonyl (C=O) groups excluding carboxylic acids is 1. The Kier molecular flexibility index (Phi) is 8.02. The largest absolute Gasteiger partial charge is 0.381 e. The van der Waals surface area contributed by atoms with Crippen molar-refractivity contribution in [1.29, 1.82) is 0 Å². The van der Waals surface area contributed by atoms with Crippen molar-refractivity contribution in [2.75, 3.05) is 25.1 Å². The van der Waals surface area contributed by atoms with Crippen molar-refractivity contribution in [3.05, 3.63) is 29.3 Å². The molecule has 0 saturated carbocycles. The summed E-state index contributed by atoms with van der Waals surface area (Å²) in [4.78, 5) is 11.6. The van der Waals surface area contributed by atoms with E-state index in [1.165, 1.54) is 0 Å². The molecule has 106 valence electrons. The topological polar surface area (TPSA) is 50.4 Å². The fourth-order valence-corrected chi connectivity index (χ4v) is 1.66. The average Bonchev–Trinajstić information content (AvgIpc) is 2.37. The summed E-state index contributed by atoms with van der Waals surface area (Å²) in [6.07, 6.45) is 3.04. The quantitative estimate of drug-likeness (QED) is 0.716. The lowest BCUT2D eigenvalue weighted by Gasteiger charge is -2.08. The molecule has 2 amide bonds. The second-order valence-electron chi connectivity index (χ2n) is 4.21. The average molecular weight is 285 g/mol. The van der Waals surface area contributed by atoms with Crippen LogP contribution in [0.5, 0.6) is 0 Å². The van der Waals surface area contributed by atoms with E-state index < -0.39 is 0 Å². The van der Waals surface area contributed by atoms with Gasteiger partial charge in [0, 0.05) is 30.5 Å². The molecule has 5 heteroatoms. The molecule has 0 aliphatic carbocycles. The van der Waals surface area contributed by atoms with Gasteiger partial charge in [-0.2, -0.15) is 0 Å². The summed E-state index contributed by atoms with van der Waals surface area (Å²) in [5, 5.41) is 6.09. The number of carbonyl (C=O) groups is 1. The third kappa shape index (κ3) is 7.70. The van der Waals surface area contributed by atoms with Gasteiger partial charge in [-0.05, 0) is 31.0 Å². The Morgan fingerprint density at radius 3 is 2.84 bits per heavy atom. The van der Waals surface area contributed by atoms with Crippen LogP contribution in [0.3, 0.4) is 0 Å². The highest BCUT2D eigenvalue weighted by atomic mass is 35.5. The van der Waals surface area contributed by atoms with Gasteiger partial charge in [0.25, 0.3) is 0 Å². The Morgan fingerprint density at radius 1 is 1.32 bits per heavy atom. The lowest BCUT2D eigenvalue weighted by atomic mass is 10.3. The number of unbranched alkanes of at least 4 members (excludes halogenated alkanes) is 1. The number of hydrogen-bond donors (Lipinski definition) is 2. The van der Waals surface area contributed by atoms with E-state index in [1.54, 1.807) is 24.3 Å². The molecule has 0 bridgehead atoms. The van der Waals surface area contributed by atoms with Crippen LogP contribution < -0.4 is 10.6 Å². The molecule has 0 saturated heterocycles. The third-order valence-electron chi connectivity index (χ3n) is 2.48.